The Balaban J connectivity index is 2.62. The van der Waals surface area contributed by atoms with Crippen LogP contribution >= 0.6 is 0 Å². The van der Waals surface area contributed by atoms with E-state index in [1.165, 1.54) is 0 Å². The van der Waals surface area contributed by atoms with Crippen molar-refractivity contribution >= 4 is 12.9 Å². The predicted molar refractivity (Wildman–Crippen MR) is 73.5 cm³/mol. The predicted octanol–water partition coefficient (Wildman–Crippen LogP) is 2.32. The number of ketones is 1. The number of hydrogen-bond donors (Lipinski definition) is 2. The summed E-state index contributed by atoms with van der Waals surface area (Å²) < 4.78 is 0. The lowest BCUT2D eigenvalue weighted by atomic mass is 9.82. The zero-order valence-corrected chi connectivity index (χ0v) is 11.3. The van der Waals surface area contributed by atoms with Gasteiger partial charge in [0.2, 0.25) is 0 Å². The highest BCUT2D eigenvalue weighted by molar-refractivity contribution is 6.40. The highest BCUT2D eigenvalue weighted by atomic mass is 16.4. The fourth-order valence-electron chi connectivity index (χ4n) is 1.74. The summed E-state index contributed by atoms with van der Waals surface area (Å²) in [7, 11) is -1.27. The summed E-state index contributed by atoms with van der Waals surface area (Å²) in [5, 5.41) is 17.6. The molecule has 18 heavy (non-hydrogen) atoms. The van der Waals surface area contributed by atoms with E-state index in [0.29, 0.717) is 19.2 Å². The molecular weight excluding hydrogens is 227 g/mol. The van der Waals surface area contributed by atoms with Gasteiger partial charge >= 0.3 is 7.12 Å². The molecule has 0 aliphatic heterocycles. The van der Waals surface area contributed by atoms with Gasteiger partial charge in [-0.25, -0.2) is 0 Å². The molecule has 0 aliphatic carbocycles. The standard InChI is InChI=1S/C14H21BO3/c1-14(2,3)10-13(16)12-6-4-11(5-7-12)8-9-15(17)18/h4-7,17-18H,8-10H2,1-3H3. The molecule has 0 radical (unpaired) electrons. The molecule has 98 valence electrons. The van der Waals surface area contributed by atoms with Crippen LogP contribution in [0, 0.1) is 5.41 Å². The minimum absolute atomic E-state index is 0.00322. The number of aryl methyl sites for hydroxylation is 1. The van der Waals surface area contributed by atoms with Gasteiger partial charge in [0.15, 0.2) is 5.78 Å². The highest BCUT2D eigenvalue weighted by Gasteiger charge is 2.17. The van der Waals surface area contributed by atoms with Gasteiger partial charge in [0.25, 0.3) is 0 Å². The molecule has 4 heteroatoms. The zero-order chi connectivity index (χ0) is 13.8. The lowest BCUT2D eigenvalue weighted by molar-refractivity contribution is 0.0940. The molecule has 1 aromatic carbocycles. The molecule has 2 N–H and O–H groups in total. The average Bonchev–Trinajstić information content (AvgIpc) is 2.24. The van der Waals surface area contributed by atoms with Crippen LogP contribution in [-0.4, -0.2) is 22.9 Å². The molecular formula is C14H21BO3. The first-order chi connectivity index (χ1) is 8.28. The molecule has 0 saturated carbocycles. The zero-order valence-electron chi connectivity index (χ0n) is 11.3. The van der Waals surface area contributed by atoms with Crippen LogP contribution in [0.25, 0.3) is 0 Å². The van der Waals surface area contributed by atoms with E-state index in [4.69, 9.17) is 10.0 Å². The number of benzene rings is 1. The molecule has 0 atom stereocenters. The largest absolute Gasteiger partial charge is 0.451 e. The van der Waals surface area contributed by atoms with Crippen molar-refractivity contribution in [3.8, 4) is 0 Å². The van der Waals surface area contributed by atoms with Crippen molar-refractivity contribution < 1.29 is 14.8 Å². The maximum absolute atomic E-state index is 12.0. The number of Topliss-reactive ketones (excluding diaryl/α,β-unsaturated/α-hetero) is 1. The summed E-state index contributed by atoms with van der Waals surface area (Å²) in [6.45, 7) is 6.13. The SMILES string of the molecule is CC(C)(C)CC(=O)c1ccc(CCB(O)O)cc1. The lowest BCUT2D eigenvalue weighted by Gasteiger charge is -2.16. The molecule has 3 nitrogen and oxygen atoms in total. The molecule has 1 rings (SSSR count). The minimum atomic E-state index is -1.27. The molecule has 0 spiro atoms. The fourth-order valence-corrected chi connectivity index (χ4v) is 1.74. The number of carbonyl (C=O) groups excluding carboxylic acids is 1. The quantitative estimate of drug-likeness (QED) is 0.621. The average molecular weight is 248 g/mol. The molecule has 0 aromatic heterocycles. The third kappa shape index (κ3) is 5.47. The lowest BCUT2D eigenvalue weighted by Crippen LogP contribution is -2.13. The van der Waals surface area contributed by atoms with Crippen molar-refractivity contribution in [3.63, 3.8) is 0 Å². The van der Waals surface area contributed by atoms with Crippen LogP contribution in [-0.2, 0) is 6.42 Å². The first-order valence-electron chi connectivity index (χ1n) is 6.26. The van der Waals surface area contributed by atoms with Gasteiger partial charge in [-0.05, 0) is 23.7 Å². The minimum Gasteiger partial charge on any atom is -0.427 e. The van der Waals surface area contributed by atoms with Gasteiger partial charge < -0.3 is 10.0 Å². The molecule has 0 fully saturated rings. The van der Waals surface area contributed by atoms with Crippen LogP contribution in [0.2, 0.25) is 6.32 Å². The summed E-state index contributed by atoms with van der Waals surface area (Å²) in [6, 6.07) is 7.37. The summed E-state index contributed by atoms with van der Waals surface area (Å²) in [5.74, 6) is 0.149. The van der Waals surface area contributed by atoms with Crippen molar-refractivity contribution in [1.29, 1.82) is 0 Å². The first kappa shape index (κ1) is 14.9. The maximum atomic E-state index is 12.0. The van der Waals surface area contributed by atoms with E-state index < -0.39 is 7.12 Å². The Morgan fingerprint density at radius 1 is 1.17 bits per heavy atom. The molecule has 0 unspecified atom stereocenters. The third-order valence-electron chi connectivity index (χ3n) is 2.66. The summed E-state index contributed by atoms with van der Waals surface area (Å²) in [5.41, 5.74) is 1.73. The van der Waals surface area contributed by atoms with E-state index in [1.807, 2.05) is 45.0 Å². The van der Waals surface area contributed by atoms with Gasteiger partial charge in [-0.1, -0.05) is 45.0 Å². The number of rotatable bonds is 5. The number of hydrogen-bond acceptors (Lipinski definition) is 3. The fraction of sp³-hybridized carbons (Fsp3) is 0.500. The van der Waals surface area contributed by atoms with Crippen LogP contribution in [0.5, 0.6) is 0 Å². The summed E-state index contributed by atoms with van der Waals surface area (Å²) in [6.07, 6.45) is 1.45. The molecule has 0 heterocycles. The van der Waals surface area contributed by atoms with E-state index >= 15 is 0 Å². The molecule has 0 aliphatic rings. The van der Waals surface area contributed by atoms with Gasteiger partial charge in [0, 0.05) is 12.0 Å². The van der Waals surface area contributed by atoms with Crippen molar-refractivity contribution in [2.24, 2.45) is 5.41 Å². The van der Waals surface area contributed by atoms with Crippen molar-refractivity contribution in [2.45, 2.75) is 39.9 Å². The van der Waals surface area contributed by atoms with Gasteiger partial charge in [-0.2, -0.15) is 0 Å². The Hall–Kier alpha value is -1.13. The van der Waals surface area contributed by atoms with E-state index in [9.17, 15) is 4.79 Å². The molecule has 0 bridgehead atoms. The topological polar surface area (TPSA) is 57.5 Å². The smallest absolute Gasteiger partial charge is 0.427 e. The third-order valence-corrected chi connectivity index (χ3v) is 2.66. The maximum Gasteiger partial charge on any atom is 0.451 e. The van der Waals surface area contributed by atoms with Gasteiger partial charge in [-0.15, -0.1) is 0 Å². The summed E-state index contributed by atoms with van der Waals surface area (Å²) in [4.78, 5) is 12.0. The van der Waals surface area contributed by atoms with Crippen LogP contribution in [0.1, 0.15) is 43.1 Å². The van der Waals surface area contributed by atoms with Crippen LogP contribution in [0.4, 0.5) is 0 Å². The molecule has 0 saturated heterocycles. The van der Waals surface area contributed by atoms with E-state index in [0.717, 1.165) is 11.1 Å². The molecule has 0 amide bonds. The van der Waals surface area contributed by atoms with Crippen LogP contribution in [0.15, 0.2) is 24.3 Å². The van der Waals surface area contributed by atoms with E-state index in [1.54, 1.807) is 0 Å². The van der Waals surface area contributed by atoms with Gasteiger partial charge in [-0.3, -0.25) is 4.79 Å². The molecule has 1 aromatic rings. The van der Waals surface area contributed by atoms with E-state index in [-0.39, 0.29) is 11.2 Å². The van der Waals surface area contributed by atoms with Gasteiger partial charge in [0.1, 0.15) is 0 Å². The van der Waals surface area contributed by atoms with Crippen molar-refractivity contribution in [2.75, 3.05) is 0 Å². The first-order valence-corrected chi connectivity index (χ1v) is 6.26. The van der Waals surface area contributed by atoms with E-state index in [2.05, 4.69) is 0 Å². The Morgan fingerprint density at radius 3 is 2.17 bits per heavy atom. The Bertz CT molecular complexity index is 390. The van der Waals surface area contributed by atoms with Gasteiger partial charge in [0.05, 0.1) is 0 Å². The Kier molecular flexibility index (Phi) is 5.11. The van der Waals surface area contributed by atoms with Crippen LogP contribution < -0.4 is 0 Å². The van der Waals surface area contributed by atoms with Crippen molar-refractivity contribution in [3.05, 3.63) is 35.4 Å². The monoisotopic (exact) mass is 248 g/mol. The second-order valence-electron chi connectivity index (χ2n) is 5.88. The number of carbonyl (C=O) groups is 1. The summed E-state index contributed by atoms with van der Waals surface area (Å²) >= 11 is 0. The Morgan fingerprint density at radius 2 is 1.72 bits per heavy atom. The van der Waals surface area contributed by atoms with Crippen LogP contribution in [0.3, 0.4) is 0 Å². The van der Waals surface area contributed by atoms with Crippen molar-refractivity contribution in [1.82, 2.24) is 0 Å². The highest BCUT2D eigenvalue weighted by Crippen LogP contribution is 2.21. The second kappa shape index (κ2) is 6.16. The second-order valence-corrected chi connectivity index (χ2v) is 5.88. The Labute approximate surface area is 109 Å². The normalized spacial score (nSPS) is 11.4.